The van der Waals surface area contributed by atoms with Crippen molar-refractivity contribution < 1.29 is 22.3 Å². The molecule has 2 N–H and O–H groups in total. The number of hydrogen-bond donors (Lipinski definition) is 2. The molecule has 0 aromatic heterocycles. The molecule has 0 aliphatic carbocycles. The van der Waals surface area contributed by atoms with E-state index >= 15 is 0 Å². The number of amides is 2. The van der Waals surface area contributed by atoms with Gasteiger partial charge in [-0.05, 0) is 73.4 Å². The maximum atomic E-state index is 14.4. The summed E-state index contributed by atoms with van der Waals surface area (Å²) < 4.78 is 45.4. The third-order valence-electron chi connectivity index (χ3n) is 6.76. The predicted molar refractivity (Wildman–Crippen MR) is 157 cm³/mol. The van der Waals surface area contributed by atoms with Gasteiger partial charge in [-0.2, -0.15) is 0 Å². The summed E-state index contributed by atoms with van der Waals surface area (Å²) in [4.78, 5) is 17.0. The molecule has 3 aromatic rings. The van der Waals surface area contributed by atoms with E-state index in [2.05, 4.69) is 21.9 Å². The minimum absolute atomic E-state index is 0.0504. The molecule has 0 spiro atoms. The zero-order valence-electron chi connectivity index (χ0n) is 23.0. The molecule has 40 heavy (non-hydrogen) atoms. The first kappa shape index (κ1) is 29.4. The molecule has 2 amide bonds. The van der Waals surface area contributed by atoms with Crippen molar-refractivity contribution in [3.05, 3.63) is 84.2 Å². The molecule has 3 aromatic carbocycles. The number of anilines is 2. The van der Waals surface area contributed by atoms with Gasteiger partial charge in [0, 0.05) is 37.9 Å². The van der Waals surface area contributed by atoms with Gasteiger partial charge in [0.15, 0.2) is 0 Å². The molecule has 0 atom stereocenters. The minimum atomic E-state index is -3.32. The molecule has 0 radical (unpaired) electrons. The highest BCUT2D eigenvalue weighted by Crippen LogP contribution is 2.25. The maximum absolute atomic E-state index is 14.4. The van der Waals surface area contributed by atoms with Gasteiger partial charge in [0.1, 0.15) is 17.3 Å². The first-order valence-corrected chi connectivity index (χ1v) is 15.5. The van der Waals surface area contributed by atoms with Gasteiger partial charge in [-0.3, -0.25) is 14.5 Å². The van der Waals surface area contributed by atoms with Crippen LogP contribution in [0.4, 0.5) is 20.6 Å². The van der Waals surface area contributed by atoms with E-state index in [1.165, 1.54) is 11.0 Å². The standard InChI is InChI=1S/C30H37FN4O4S/c1-3-4-19-35(29-8-6-5-7-28(29)31)30(36)32-24-17-20-34(21-18-24)22-23-9-13-26(14-10-23)39-27-15-11-25(12-16-27)33-40(2,37)38/h5-16,24,33H,3-4,17-22H2,1-2H3,(H,32,36). The Labute approximate surface area is 236 Å². The number of likely N-dealkylation sites (tertiary alicyclic amines) is 1. The maximum Gasteiger partial charge on any atom is 0.322 e. The predicted octanol–water partition coefficient (Wildman–Crippen LogP) is 5.97. The first-order chi connectivity index (χ1) is 19.2. The van der Waals surface area contributed by atoms with E-state index in [9.17, 15) is 17.6 Å². The summed E-state index contributed by atoms with van der Waals surface area (Å²) in [5.74, 6) is 0.912. The lowest BCUT2D eigenvalue weighted by Gasteiger charge is -2.34. The van der Waals surface area contributed by atoms with Crippen LogP contribution in [0.15, 0.2) is 72.8 Å². The van der Waals surface area contributed by atoms with Crippen molar-refractivity contribution in [2.75, 3.05) is 35.5 Å². The number of benzene rings is 3. The van der Waals surface area contributed by atoms with Crippen LogP contribution in [0.5, 0.6) is 11.5 Å². The second kappa shape index (κ2) is 13.6. The zero-order chi connectivity index (χ0) is 28.5. The highest BCUT2D eigenvalue weighted by Gasteiger charge is 2.25. The van der Waals surface area contributed by atoms with E-state index in [1.54, 1.807) is 42.5 Å². The molecule has 1 fully saturated rings. The molecule has 0 saturated carbocycles. The van der Waals surface area contributed by atoms with E-state index in [0.717, 1.165) is 57.1 Å². The Hall–Kier alpha value is -3.63. The summed E-state index contributed by atoms with van der Waals surface area (Å²) in [6.45, 7) is 5.03. The second-order valence-corrected chi connectivity index (χ2v) is 11.8. The van der Waals surface area contributed by atoms with E-state index in [-0.39, 0.29) is 17.9 Å². The van der Waals surface area contributed by atoms with Crippen LogP contribution in [0.1, 0.15) is 38.2 Å². The molecule has 214 valence electrons. The number of sulfonamides is 1. The van der Waals surface area contributed by atoms with Gasteiger partial charge in [0.2, 0.25) is 10.0 Å². The Morgan fingerprint density at radius 1 is 1.00 bits per heavy atom. The van der Waals surface area contributed by atoms with Crippen LogP contribution in [0.3, 0.4) is 0 Å². The van der Waals surface area contributed by atoms with Crippen molar-refractivity contribution in [2.45, 2.75) is 45.2 Å². The Morgan fingerprint density at radius 3 is 2.23 bits per heavy atom. The van der Waals surface area contributed by atoms with Crippen molar-refractivity contribution in [2.24, 2.45) is 0 Å². The van der Waals surface area contributed by atoms with Gasteiger partial charge < -0.3 is 10.1 Å². The lowest BCUT2D eigenvalue weighted by atomic mass is 10.0. The average molecular weight is 569 g/mol. The summed E-state index contributed by atoms with van der Waals surface area (Å²) in [5.41, 5.74) is 1.96. The van der Waals surface area contributed by atoms with Crippen LogP contribution >= 0.6 is 0 Å². The Balaban J connectivity index is 1.25. The zero-order valence-corrected chi connectivity index (χ0v) is 23.8. The van der Waals surface area contributed by atoms with Crippen LogP contribution in [0, 0.1) is 5.82 Å². The van der Waals surface area contributed by atoms with Crippen molar-refractivity contribution in [3.63, 3.8) is 0 Å². The van der Waals surface area contributed by atoms with Crippen LogP contribution in [-0.2, 0) is 16.6 Å². The number of nitrogens with zero attached hydrogens (tertiary/aromatic N) is 2. The number of carbonyl (C=O) groups is 1. The molecule has 10 heteroatoms. The number of nitrogens with one attached hydrogen (secondary N) is 2. The lowest BCUT2D eigenvalue weighted by molar-refractivity contribution is 0.188. The van der Waals surface area contributed by atoms with Crippen LogP contribution < -0.4 is 19.7 Å². The number of halogens is 1. The molecule has 1 saturated heterocycles. The van der Waals surface area contributed by atoms with Crippen LogP contribution in [0.25, 0.3) is 0 Å². The number of carbonyl (C=O) groups excluding carboxylic acids is 1. The number of hydrogen-bond acceptors (Lipinski definition) is 5. The van der Waals surface area contributed by atoms with E-state index < -0.39 is 10.0 Å². The molecule has 4 rings (SSSR count). The summed E-state index contributed by atoms with van der Waals surface area (Å²) in [6, 6.07) is 20.8. The van der Waals surface area contributed by atoms with E-state index in [1.807, 2.05) is 24.3 Å². The fourth-order valence-electron chi connectivity index (χ4n) is 4.67. The minimum Gasteiger partial charge on any atom is -0.457 e. The summed E-state index contributed by atoms with van der Waals surface area (Å²) in [7, 11) is -3.32. The Morgan fingerprint density at radius 2 is 1.62 bits per heavy atom. The third-order valence-corrected chi connectivity index (χ3v) is 7.37. The third kappa shape index (κ3) is 8.69. The van der Waals surface area contributed by atoms with Gasteiger partial charge in [-0.1, -0.05) is 37.6 Å². The average Bonchev–Trinajstić information content (AvgIpc) is 2.92. The molecule has 0 unspecified atom stereocenters. The quantitative estimate of drug-likeness (QED) is 0.297. The number of unbranched alkanes of at least 4 members (excludes halogenated alkanes) is 1. The Kier molecular flexibility index (Phi) is 10.0. The smallest absolute Gasteiger partial charge is 0.322 e. The molecule has 1 aliphatic rings. The largest absolute Gasteiger partial charge is 0.457 e. The van der Waals surface area contributed by atoms with E-state index in [4.69, 9.17) is 4.74 Å². The van der Waals surface area contributed by atoms with Gasteiger partial charge in [-0.15, -0.1) is 0 Å². The lowest BCUT2D eigenvalue weighted by Crippen LogP contribution is -2.49. The van der Waals surface area contributed by atoms with Gasteiger partial charge in [-0.25, -0.2) is 17.6 Å². The van der Waals surface area contributed by atoms with Gasteiger partial charge >= 0.3 is 6.03 Å². The number of rotatable bonds is 11. The monoisotopic (exact) mass is 568 g/mol. The summed E-state index contributed by atoms with van der Waals surface area (Å²) in [6.07, 6.45) is 4.49. The van der Waals surface area contributed by atoms with E-state index in [0.29, 0.717) is 29.4 Å². The summed E-state index contributed by atoms with van der Waals surface area (Å²) in [5, 5.41) is 3.13. The molecule has 1 aliphatic heterocycles. The van der Waals surface area contributed by atoms with Crippen molar-refractivity contribution in [3.8, 4) is 11.5 Å². The van der Waals surface area contributed by atoms with Crippen molar-refractivity contribution >= 4 is 27.4 Å². The topological polar surface area (TPSA) is 91.0 Å². The molecule has 1 heterocycles. The number of ether oxygens (including phenoxy) is 1. The number of para-hydroxylation sites is 1. The number of urea groups is 1. The second-order valence-electron chi connectivity index (χ2n) is 10.1. The first-order valence-electron chi connectivity index (χ1n) is 13.6. The van der Waals surface area contributed by atoms with Gasteiger partial charge in [0.05, 0.1) is 11.9 Å². The SMILES string of the molecule is CCCCN(C(=O)NC1CCN(Cc2ccc(Oc3ccc(NS(C)(=O)=O)cc3)cc2)CC1)c1ccccc1F. The van der Waals surface area contributed by atoms with Crippen LogP contribution in [0.2, 0.25) is 0 Å². The summed E-state index contributed by atoms with van der Waals surface area (Å²) >= 11 is 0. The fourth-order valence-corrected chi connectivity index (χ4v) is 5.23. The van der Waals surface area contributed by atoms with Crippen molar-refractivity contribution in [1.29, 1.82) is 0 Å². The normalized spacial score (nSPS) is 14.5. The molecule has 0 bridgehead atoms. The van der Waals surface area contributed by atoms with Gasteiger partial charge in [0.25, 0.3) is 0 Å². The molecule has 8 nitrogen and oxygen atoms in total. The fraction of sp³-hybridized carbons (Fsp3) is 0.367. The number of piperidine rings is 1. The van der Waals surface area contributed by atoms with Crippen molar-refractivity contribution in [1.82, 2.24) is 10.2 Å². The highest BCUT2D eigenvalue weighted by molar-refractivity contribution is 7.92. The molecular formula is C30H37FN4O4S. The Bertz CT molecular complexity index is 1360. The molecular weight excluding hydrogens is 531 g/mol. The highest BCUT2D eigenvalue weighted by atomic mass is 32.2. The van der Waals surface area contributed by atoms with Crippen LogP contribution in [-0.4, -0.2) is 51.3 Å².